The predicted molar refractivity (Wildman–Crippen MR) is 76.7 cm³/mol. The quantitative estimate of drug-likeness (QED) is 0.865. The SMILES string of the molecule is CCC(NC(N)=O)(c1ccccc1)c1ccccc1. The van der Waals surface area contributed by atoms with Crippen molar-refractivity contribution in [3.8, 4) is 0 Å². The van der Waals surface area contributed by atoms with Gasteiger partial charge in [0.2, 0.25) is 0 Å². The first-order valence-corrected chi connectivity index (χ1v) is 6.37. The van der Waals surface area contributed by atoms with Gasteiger partial charge in [-0.05, 0) is 17.5 Å². The van der Waals surface area contributed by atoms with Crippen molar-refractivity contribution in [3.63, 3.8) is 0 Å². The Morgan fingerprint density at radius 2 is 1.42 bits per heavy atom. The van der Waals surface area contributed by atoms with Gasteiger partial charge in [-0.15, -0.1) is 0 Å². The zero-order valence-corrected chi connectivity index (χ0v) is 11.0. The number of nitrogens with two attached hydrogens (primary N) is 1. The van der Waals surface area contributed by atoms with Crippen LogP contribution >= 0.6 is 0 Å². The standard InChI is InChI=1S/C16H18N2O/c1-2-16(18-15(17)19,13-9-5-3-6-10-13)14-11-7-4-8-12-14/h3-12H,2H2,1H3,(H3,17,18,19). The summed E-state index contributed by atoms with van der Waals surface area (Å²) in [5.41, 5.74) is 6.86. The van der Waals surface area contributed by atoms with Gasteiger partial charge < -0.3 is 11.1 Å². The Morgan fingerprint density at radius 1 is 1.00 bits per heavy atom. The molecule has 0 fully saturated rings. The van der Waals surface area contributed by atoms with Crippen LogP contribution in [-0.2, 0) is 5.54 Å². The molecule has 2 aromatic carbocycles. The molecule has 98 valence electrons. The molecule has 0 aliphatic carbocycles. The lowest BCUT2D eigenvalue weighted by atomic mass is 9.80. The number of hydrogen-bond donors (Lipinski definition) is 2. The number of primary amides is 1. The van der Waals surface area contributed by atoms with Gasteiger partial charge in [0.15, 0.2) is 0 Å². The second-order valence-corrected chi connectivity index (χ2v) is 4.48. The molecule has 0 heterocycles. The van der Waals surface area contributed by atoms with Crippen molar-refractivity contribution in [1.29, 1.82) is 0 Å². The highest BCUT2D eigenvalue weighted by Gasteiger charge is 2.33. The summed E-state index contributed by atoms with van der Waals surface area (Å²) in [6.07, 6.45) is 0.726. The minimum Gasteiger partial charge on any atom is -0.352 e. The van der Waals surface area contributed by atoms with E-state index in [0.717, 1.165) is 17.5 Å². The summed E-state index contributed by atoms with van der Waals surface area (Å²) in [6.45, 7) is 2.04. The number of carbonyl (C=O) groups excluding carboxylic acids is 1. The summed E-state index contributed by atoms with van der Waals surface area (Å²) in [5.74, 6) is 0. The zero-order valence-electron chi connectivity index (χ0n) is 11.0. The third-order valence-corrected chi connectivity index (χ3v) is 3.40. The second-order valence-electron chi connectivity index (χ2n) is 4.48. The first kappa shape index (κ1) is 13.1. The molecule has 0 spiro atoms. The van der Waals surface area contributed by atoms with Gasteiger partial charge in [-0.3, -0.25) is 0 Å². The molecule has 2 rings (SSSR count). The summed E-state index contributed by atoms with van der Waals surface area (Å²) in [6, 6.07) is 19.3. The number of urea groups is 1. The monoisotopic (exact) mass is 254 g/mol. The topological polar surface area (TPSA) is 55.1 Å². The second kappa shape index (κ2) is 5.57. The van der Waals surface area contributed by atoms with Crippen molar-refractivity contribution in [2.24, 2.45) is 5.73 Å². The molecule has 0 atom stereocenters. The molecule has 0 aliphatic heterocycles. The molecular formula is C16H18N2O. The Hall–Kier alpha value is -2.29. The first-order valence-electron chi connectivity index (χ1n) is 6.37. The fourth-order valence-corrected chi connectivity index (χ4v) is 2.46. The average Bonchev–Trinajstić information content (AvgIpc) is 2.46. The van der Waals surface area contributed by atoms with Gasteiger partial charge in [-0.25, -0.2) is 4.79 Å². The molecule has 0 unspecified atom stereocenters. The number of amides is 2. The Morgan fingerprint density at radius 3 is 1.74 bits per heavy atom. The third kappa shape index (κ3) is 2.60. The molecule has 2 amide bonds. The van der Waals surface area contributed by atoms with E-state index in [4.69, 9.17) is 5.73 Å². The zero-order chi connectivity index (χ0) is 13.7. The number of benzene rings is 2. The molecular weight excluding hydrogens is 236 g/mol. The summed E-state index contributed by atoms with van der Waals surface area (Å²) < 4.78 is 0. The minimum atomic E-state index is -0.575. The van der Waals surface area contributed by atoms with Crippen LogP contribution in [0.25, 0.3) is 0 Å². The molecule has 0 aromatic heterocycles. The first-order chi connectivity index (χ1) is 9.19. The lowest BCUT2D eigenvalue weighted by molar-refractivity contribution is 0.237. The number of carbonyl (C=O) groups is 1. The van der Waals surface area contributed by atoms with Crippen LogP contribution in [0.4, 0.5) is 4.79 Å². The van der Waals surface area contributed by atoms with Crippen molar-refractivity contribution in [3.05, 3.63) is 71.8 Å². The van der Waals surface area contributed by atoms with Crippen LogP contribution in [-0.4, -0.2) is 6.03 Å². The average molecular weight is 254 g/mol. The van der Waals surface area contributed by atoms with Crippen molar-refractivity contribution >= 4 is 6.03 Å². The van der Waals surface area contributed by atoms with Crippen LogP contribution < -0.4 is 11.1 Å². The van der Waals surface area contributed by atoms with E-state index in [0.29, 0.717) is 0 Å². The van der Waals surface area contributed by atoms with Crippen molar-refractivity contribution < 1.29 is 4.79 Å². The number of hydrogen-bond acceptors (Lipinski definition) is 1. The van der Waals surface area contributed by atoms with Gasteiger partial charge in [0.05, 0.1) is 5.54 Å². The molecule has 3 N–H and O–H groups in total. The van der Waals surface area contributed by atoms with Crippen molar-refractivity contribution in [2.45, 2.75) is 18.9 Å². The molecule has 0 bridgehead atoms. The van der Waals surface area contributed by atoms with Crippen LogP contribution in [0, 0.1) is 0 Å². The molecule has 0 saturated heterocycles. The maximum absolute atomic E-state index is 11.4. The molecule has 0 radical (unpaired) electrons. The number of nitrogens with one attached hydrogen (secondary N) is 1. The van der Waals surface area contributed by atoms with E-state index in [-0.39, 0.29) is 0 Å². The Balaban J connectivity index is 2.58. The summed E-state index contributed by atoms with van der Waals surface area (Å²) in [5, 5.41) is 2.91. The van der Waals surface area contributed by atoms with Crippen LogP contribution in [0.3, 0.4) is 0 Å². The number of rotatable bonds is 4. The van der Waals surface area contributed by atoms with E-state index in [1.54, 1.807) is 0 Å². The smallest absolute Gasteiger partial charge is 0.313 e. The fraction of sp³-hybridized carbons (Fsp3) is 0.188. The minimum absolute atomic E-state index is 0.519. The van der Waals surface area contributed by atoms with Gasteiger partial charge in [-0.1, -0.05) is 67.6 Å². The van der Waals surface area contributed by atoms with Gasteiger partial charge in [0.1, 0.15) is 0 Å². The van der Waals surface area contributed by atoms with E-state index in [9.17, 15) is 4.79 Å². The van der Waals surface area contributed by atoms with Gasteiger partial charge >= 0.3 is 6.03 Å². The highest BCUT2D eigenvalue weighted by atomic mass is 16.2. The normalized spacial score (nSPS) is 11.0. The molecule has 2 aromatic rings. The molecule has 0 saturated carbocycles. The van der Waals surface area contributed by atoms with Gasteiger partial charge in [0, 0.05) is 0 Å². The van der Waals surface area contributed by atoms with E-state index >= 15 is 0 Å². The predicted octanol–water partition coefficient (Wildman–Crippen LogP) is 3.01. The Kier molecular flexibility index (Phi) is 3.85. The molecule has 3 nitrogen and oxygen atoms in total. The van der Waals surface area contributed by atoms with Crippen LogP contribution in [0.2, 0.25) is 0 Å². The molecule has 3 heteroatoms. The van der Waals surface area contributed by atoms with Crippen molar-refractivity contribution in [1.82, 2.24) is 5.32 Å². The lowest BCUT2D eigenvalue weighted by Gasteiger charge is -2.34. The summed E-state index contributed by atoms with van der Waals surface area (Å²) >= 11 is 0. The highest BCUT2D eigenvalue weighted by Crippen LogP contribution is 2.32. The molecule has 0 aliphatic rings. The molecule has 19 heavy (non-hydrogen) atoms. The third-order valence-electron chi connectivity index (χ3n) is 3.40. The summed E-state index contributed by atoms with van der Waals surface area (Å²) in [4.78, 5) is 11.4. The maximum atomic E-state index is 11.4. The van der Waals surface area contributed by atoms with Gasteiger partial charge in [-0.2, -0.15) is 0 Å². The van der Waals surface area contributed by atoms with Crippen LogP contribution in [0.15, 0.2) is 60.7 Å². The van der Waals surface area contributed by atoms with Crippen LogP contribution in [0.5, 0.6) is 0 Å². The Labute approximate surface area is 113 Å². The summed E-state index contributed by atoms with van der Waals surface area (Å²) in [7, 11) is 0. The van der Waals surface area contributed by atoms with E-state index in [1.165, 1.54) is 0 Å². The van der Waals surface area contributed by atoms with E-state index in [1.807, 2.05) is 67.6 Å². The van der Waals surface area contributed by atoms with Crippen LogP contribution in [0.1, 0.15) is 24.5 Å². The van der Waals surface area contributed by atoms with E-state index < -0.39 is 11.6 Å². The van der Waals surface area contributed by atoms with Crippen molar-refractivity contribution in [2.75, 3.05) is 0 Å². The maximum Gasteiger partial charge on any atom is 0.313 e. The lowest BCUT2D eigenvalue weighted by Crippen LogP contribution is -2.48. The van der Waals surface area contributed by atoms with E-state index in [2.05, 4.69) is 5.32 Å². The largest absolute Gasteiger partial charge is 0.352 e. The van der Waals surface area contributed by atoms with Gasteiger partial charge in [0.25, 0.3) is 0 Å². The Bertz CT molecular complexity index is 498. The highest BCUT2D eigenvalue weighted by molar-refractivity contribution is 5.74. The fourth-order valence-electron chi connectivity index (χ4n) is 2.46.